The molecule has 0 radical (unpaired) electrons. The molecule has 0 heteroatoms. The second kappa shape index (κ2) is 8.53. The van der Waals surface area contributed by atoms with Gasteiger partial charge in [0, 0.05) is 0 Å². The largest absolute Gasteiger partial charge is 0.0683 e. The van der Waals surface area contributed by atoms with Crippen LogP contribution in [0, 0.1) is 0 Å². The first-order chi connectivity index (χ1) is 9.36. The molecule has 0 fully saturated rings. The fourth-order valence-electron chi connectivity index (χ4n) is 2.08. The topological polar surface area (TPSA) is 0 Å². The summed E-state index contributed by atoms with van der Waals surface area (Å²) in [5, 5.41) is 0. The molecule has 0 aromatic heterocycles. The van der Waals surface area contributed by atoms with Crippen LogP contribution in [0.1, 0.15) is 51.7 Å². The zero-order valence-electron chi connectivity index (χ0n) is 12.7. The summed E-state index contributed by atoms with van der Waals surface area (Å²) >= 11 is 0. The lowest BCUT2D eigenvalue weighted by Crippen LogP contribution is -1.77. The summed E-state index contributed by atoms with van der Waals surface area (Å²) in [4.78, 5) is 0. The third-order valence-electron chi connectivity index (χ3n) is 3.21. The molecule has 0 bridgehead atoms. The molecule has 0 atom stereocenters. The Kier molecular flexibility index (Phi) is 6.95. The van der Waals surface area contributed by atoms with Crippen LogP contribution in [-0.2, 0) is 6.42 Å². The second-order valence-corrected chi connectivity index (χ2v) is 4.49. The van der Waals surface area contributed by atoms with Gasteiger partial charge in [-0.15, -0.1) is 0 Å². The van der Waals surface area contributed by atoms with E-state index in [0.717, 1.165) is 6.42 Å². The molecule has 1 aliphatic rings. The van der Waals surface area contributed by atoms with Crippen LogP contribution in [0.15, 0.2) is 48.5 Å². The average molecular weight is 254 g/mol. The third kappa shape index (κ3) is 3.96. The van der Waals surface area contributed by atoms with Gasteiger partial charge in [0.1, 0.15) is 0 Å². The van der Waals surface area contributed by atoms with Gasteiger partial charge >= 0.3 is 0 Å². The van der Waals surface area contributed by atoms with Gasteiger partial charge in [0.2, 0.25) is 0 Å². The van der Waals surface area contributed by atoms with E-state index in [0.29, 0.717) is 0 Å². The van der Waals surface area contributed by atoms with E-state index in [1.54, 1.807) is 0 Å². The van der Waals surface area contributed by atoms with Crippen molar-refractivity contribution in [2.24, 2.45) is 0 Å². The van der Waals surface area contributed by atoms with Crippen molar-refractivity contribution in [1.29, 1.82) is 0 Å². The summed E-state index contributed by atoms with van der Waals surface area (Å²) in [6.45, 7) is 8.36. The number of hydrogen-bond donors (Lipinski definition) is 0. The van der Waals surface area contributed by atoms with Crippen LogP contribution < -0.4 is 0 Å². The normalized spacial score (nSPS) is 10.3. The maximum absolute atomic E-state index is 2.22. The van der Waals surface area contributed by atoms with Crippen LogP contribution in [0.2, 0.25) is 0 Å². The monoisotopic (exact) mass is 254 g/mol. The maximum atomic E-state index is 2.22. The van der Waals surface area contributed by atoms with Crippen molar-refractivity contribution in [2.75, 3.05) is 0 Å². The molecule has 0 saturated carbocycles. The Labute approximate surface area is 118 Å². The van der Waals surface area contributed by atoms with Crippen molar-refractivity contribution < 1.29 is 0 Å². The van der Waals surface area contributed by atoms with E-state index < -0.39 is 0 Å². The molecule has 2 aromatic carbocycles. The number of benzene rings is 2. The molecule has 0 spiro atoms. The lowest BCUT2D eigenvalue weighted by Gasteiger charge is -1.98. The van der Waals surface area contributed by atoms with E-state index in [1.807, 2.05) is 13.8 Å². The summed E-state index contributed by atoms with van der Waals surface area (Å²) in [6, 6.07) is 17.3. The summed E-state index contributed by atoms with van der Waals surface area (Å²) in [6.07, 6.45) is 3.74. The zero-order chi connectivity index (χ0) is 14.1. The zero-order valence-corrected chi connectivity index (χ0v) is 12.7. The standard InChI is InChI=1S/C13H10.C4H10.C2H6/c1-3-7-12-10(5-1)9-11-6-2-4-8-13(11)12;1-3-4-2;1-2/h1-8H,9H2;3-4H2,1-2H3;1-2H3. The summed E-state index contributed by atoms with van der Waals surface area (Å²) < 4.78 is 0. The molecule has 0 nitrogen and oxygen atoms in total. The highest BCUT2D eigenvalue weighted by molar-refractivity contribution is 5.76. The first-order valence-corrected chi connectivity index (χ1v) is 7.53. The molecule has 0 aliphatic heterocycles. The second-order valence-electron chi connectivity index (χ2n) is 4.49. The molecule has 3 rings (SSSR count). The third-order valence-corrected chi connectivity index (χ3v) is 3.21. The molecule has 2 aromatic rings. The quantitative estimate of drug-likeness (QED) is 0.493. The summed E-state index contributed by atoms with van der Waals surface area (Å²) in [5.74, 6) is 0. The van der Waals surface area contributed by atoms with E-state index in [4.69, 9.17) is 0 Å². The number of hydrogen-bond acceptors (Lipinski definition) is 0. The smallest absolute Gasteiger partial charge is 0.00135 e. The maximum Gasteiger partial charge on any atom is -0.00135 e. The van der Waals surface area contributed by atoms with Gasteiger partial charge in [-0.25, -0.2) is 0 Å². The molecule has 0 heterocycles. The molecule has 19 heavy (non-hydrogen) atoms. The highest BCUT2D eigenvalue weighted by atomic mass is 14.2. The van der Waals surface area contributed by atoms with Crippen molar-refractivity contribution >= 4 is 0 Å². The fraction of sp³-hybridized carbons (Fsp3) is 0.368. The summed E-state index contributed by atoms with van der Waals surface area (Å²) in [7, 11) is 0. The van der Waals surface area contributed by atoms with Crippen LogP contribution in [0.3, 0.4) is 0 Å². The highest BCUT2D eigenvalue weighted by Crippen LogP contribution is 2.35. The van der Waals surface area contributed by atoms with Gasteiger partial charge in [0.25, 0.3) is 0 Å². The van der Waals surface area contributed by atoms with Crippen LogP contribution in [0.5, 0.6) is 0 Å². The Balaban J connectivity index is 0.000000262. The van der Waals surface area contributed by atoms with Crippen LogP contribution in [0.25, 0.3) is 11.1 Å². The molecular formula is C19H26. The molecule has 0 N–H and O–H groups in total. The minimum absolute atomic E-state index is 1.10. The molecule has 0 unspecified atom stereocenters. The van der Waals surface area contributed by atoms with E-state index in [2.05, 4.69) is 62.4 Å². The lowest BCUT2D eigenvalue weighted by molar-refractivity contribution is 0.886. The van der Waals surface area contributed by atoms with Gasteiger partial charge in [-0.05, 0) is 28.7 Å². The fourth-order valence-corrected chi connectivity index (χ4v) is 2.08. The van der Waals surface area contributed by atoms with Crippen molar-refractivity contribution in [3.63, 3.8) is 0 Å². The summed E-state index contributed by atoms with van der Waals surface area (Å²) in [5.41, 5.74) is 5.75. The van der Waals surface area contributed by atoms with E-state index in [9.17, 15) is 0 Å². The Bertz CT molecular complexity index is 437. The Morgan fingerprint density at radius 3 is 1.42 bits per heavy atom. The van der Waals surface area contributed by atoms with E-state index in [1.165, 1.54) is 35.1 Å². The van der Waals surface area contributed by atoms with Gasteiger partial charge in [0.15, 0.2) is 0 Å². The first-order valence-electron chi connectivity index (χ1n) is 7.53. The number of fused-ring (bicyclic) bond motifs is 3. The van der Waals surface area contributed by atoms with Crippen molar-refractivity contribution in [3.8, 4) is 11.1 Å². The van der Waals surface area contributed by atoms with Gasteiger partial charge in [-0.3, -0.25) is 0 Å². The van der Waals surface area contributed by atoms with E-state index in [-0.39, 0.29) is 0 Å². The minimum Gasteiger partial charge on any atom is -0.0683 e. The van der Waals surface area contributed by atoms with Gasteiger partial charge in [0.05, 0.1) is 0 Å². The number of unbranched alkanes of at least 4 members (excludes halogenated alkanes) is 1. The first kappa shape index (κ1) is 15.5. The average Bonchev–Trinajstić information content (AvgIpc) is 2.88. The van der Waals surface area contributed by atoms with Crippen molar-refractivity contribution in [2.45, 2.75) is 47.0 Å². The SMILES string of the molecule is CC.CCCC.c1ccc2c(c1)Cc1ccccc1-2. The van der Waals surface area contributed by atoms with Crippen LogP contribution in [0.4, 0.5) is 0 Å². The lowest BCUT2D eigenvalue weighted by atomic mass is 10.1. The molecule has 0 amide bonds. The highest BCUT2D eigenvalue weighted by Gasteiger charge is 2.15. The van der Waals surface area contributed by atoms with Crippen molar-refractivity contribution in [3.05, 3.63) is 59.7 Å². The van der Waals surface area contributed by atoms with Gasteiger partial charge in [-0.1, -0.05) is 89.1 Å². The van der Waals surface area contributed by atoms with Gasteiger partial charge in [-0.2, -0.15) is 0 Å². The predicted octanol–water partition coefficient (Wildman–Crippen LogP) is 6.09. The Hall–Kier alpha value is -1.56. The Morgan fingerprint density at radius 2 is 1.05 bits per heavy atom. The molecule has 1 aliphatic carbocycles. The van der Waals surface area contributed by atoms with E-state index >= 15 is 0 Å². The molecular weight excluding hydrogens is 228 g/mol. The number of rotatable bonds is 1. The molecule has 0 saturated heterocycles. The van der Waals surface area contributed by atoms with Crippen molar-refractivity contribution in [1.82, 2.24) is 0 Å². The van der Waals surface area contributed by atoms with Crippen LogP contribution in [-0.4, -0.2) is 0 Å². The molecule has 102 valence electrons. The van der Waals surface area contributed by atoms with Crippen LogP contribution >= 0.6 is 0 Å². The van der Waals surface area contributed by atoms with Gasteiger partial charge < -0.3 is 0 Å². The predicted molar refractivity (Wildman–Crippen MR) is 86.6 cm³/mol. The Morgan fingerprint density at radius 1 is 0.684 bits per heavy atom. The minimum atomic E-state index is 1.10.